The standard InChI is InChI=1S/C6H9FN2O/c7-2-3-8-5-6-1-4-10-9-6/h1,4,8H,2-3,5H2. The van der Waals surface area contributed by atoms with Crippen molar-refractivity contribution < 1.29 is 8.91 Å². The van der Waals surface area contributed by atoms with Crippen molar-refractivity contribution in [2.24, 2.45) is 0 Å². The molecule has 0 saturated carbocycles. The Balaban J connectivity index is 2.15. The summed E-state index contributed by atoms with van der Waals surface area (Å²) in [6.45, 7) is 0.588. The van der Waals surface area contributed by atoms with Crippen LogP contribution in [0.15, 0.2) is 16.9 Å². The van der Waals surface area contributed by atoms with E-state index in [4.69, 9.17) is 0 Å². The molecule has 0 aliphatic heterocycles. The molecule has 0 spiro atoms. The number of nitrogens with zero attached hydrogens (tertiary/aromatic N) is 1. The van der Waals surface area contributed by atoms with Crippen molar-refractivity contribution in [1.82, 2.24) is 10.5 Å². The van der Waals surface area contributed by atoms with E-state index in [0.29, 0.717) is 13.1 Å². The summed E-state index contributed by atoms with van der Waals surface area (Å²) in [5.74, 6) is 0. The molecule has 56 valence electrons. The van der Waals surface area contributed by atoms with Crippen LogP contribution in [-0.4, -0.2) is 18.4 Å². The first-order valence-electron chi connectivity index (χ1n) is 3.09. The van der Waals surface area contributed by atoms with Gasteiger partial charge in [0.15, 0.2) is 0 Å². The minimum absolute atomic E-state index is 0.349. The van der Waals surface area contributed by atoms with Crippen LogP contribution in [0.2, 0.25) is 0 Å². The number of rotatable bonds is 4. The highest BCUT2D eigenvalue weighted by atomic mass is 19.1. The predicted octanol–water partition coefficient (Wildman–Crippen LogP) is 0.734. The molecule has 1 aromatic heterocycles. The Morgan fingerprint density at radius 1 is 1.70 bits per heavy atom. The van der Waals surface area contributed by atoms with E-state index in [2.05, 4.69) is 15.0 Å². The van der Waals surface area contributed by atoms with Crippen LogP contribution >= 0.6 is 0 Å². The van der Waals surface area contributed by atoms with Crippen molar-refractivity contribution in [2.45, 2.75) is 6.54 Å². The second-order valence-electron chi connectivity index (χ2n) is 1.86. The summed E-state index contributed by atoms with van der Waals surface area (Å²) in [4.78, 5) is 0. The zero-order chi connectivity index (χ0) is 7.23. The zero-order valence-corrected chi connectivity index (χ0v) is 5.51. The molecule has 0 bridgehead atoms. The Morgan fingerprint density at radius 3 is 3.20 bits per heavy atom. The molecule has 0 unspecified atom stereocenters. The summed E-state index contributed by atoms with van der Waals surface area (Å²) in [7, 11) is 0. The van der Waals surface area contributed by atoms with Crippen LogP contribution in [0.4, 0.5) is 4.39 Å². The molecule has 1 N–H and O–H groups in total. The number of aromatic nitrogens is 1. The van der Waals surface area contributed by atoms with Crippen molar-refractivity contribution in [3.8, 4) is 0 Å². The lowest BCUT2D eigenvalue weighted by Crippen LogP contribution is -2.15. The maximum atomic E-state index is 11.5. The van der Waals surface area contributed by atoms with Gasteiger partial charge in [-0.1, -0.05) is 5.16 Å². The molecule has 0 saturated heterocycles. The molecule has 0 radical (unpaired) electrons. The third-order valence-corrected chi connectivity index (χ3v) is 1.07. The van der Waals surface area contributed by atoms with Crippen molar-refractivity contribution >= 4 is 0 Å². The molecule has 0 aliphatic rings. The molecule has 10 heavy (non-hydrogen) atoms. The molecule has 0 aliphatic carbocycles. The molecule has 0 atom stereocenters. The fourth-order valence-corrected chi connectivity index (χ4v) is 0.612. The highest BCUT2D eigenvalue weighted by Gasteiger charge is 1.93. The van der Waals surface area contributed by atoms with Crippen LogP contribution in [0.5, 0.6) is 0 Å². The third-order valence-electron chi connectivity index (χ3n) is 1.07. The van der Waals surface area contributed by atoms with Crippen LogP contribution in [0.1, 0.15) is 5.69 Å². The monoisotopic (exact) mass is 144 g/mol. The van der Waals surface area contributed by atoms with Gasteiger partial charge in [-0.15, -0.1) is 0 Å². The number of hydrogen-bond acceptors (Lipinski definition) is 3. The lowest BCUT2D eigenvalue weighted by Gasteiger charge is -1.94. The molecule has 1 heterocycles. The highest BCUT2D eigenvalue weighted by Crippen LogP contribution is 1.91. The quantitative estimate of drug-likeness (QED) is 0.633. The van der Waals surface area contributed by atoms with E-state index in [0.717, 1.165) is 5.69 Å². The summed E-state index contributed by atoms with van der Waals surface area (Å²) in [5.41, 5.74) is 0.799. The number of alkyl halides is 1. The van der Waals surface area contributed by atoms with E-state index >= 15 is 0 Å². The first-order chi connectivity index (χ1) is 4.93. The Hall–Kier alpha value is -0.900. The van der Waals surface area contributed by atoms with Gasteiger partial charge in [-0.25, -0.2) is 4.39 Å². The summed E-state index contributed by atoms with van der Waals surface area (Å²) in [5, 5.41) is 6.47. The molecule has 3 nitrogen and oxygen atoms in total. The maximum absolute atomic E-state index is 11.5. The third kappa shape index (κ3) is 2.14. The Bertz CT molecular complexity index is 164. The Morgan fingerprint density at radius 2 is 2.60 bits per heavy atom. The SMILES string of the molecule is FCCNCc1ccon1. The van der Waals surface area contributed by atoms with Gasteiger partial charge in [0.05, 0.1) is 5.69 Å². The first-order valence-corrected chi connectivity index (χ1v) is 3.09. The molecule has 1 aromatic rings. The average Bonchev–Trinajstić information content (AvgIpc) is 2.41. The molecule has 0 amide bonds. The molecular weight excluding hydrogens is 135 g/mol. The van der Waals surface area contributed by atoms with Gasteiger partial charge in [0.2, 0.25) is 0 Å². The molecule has 0 fully saturated rings. The summed E-state index contributed by atoms with van der Waals surface area (Å²) in [6.07, 6.45) is 1.49. The van der Waals surface area contributed by atoms with Crippen LogP contribution in [-0.2, 0) is 6.54 Å². The Labute approximate surface area is 58.2 Å². The van der Waals surface area contributed by atoms with Gasteiger partial charge in [0.25, 0.3) is 0 Å². The van der Waals surface area contributed by atoms with Crippen LogP contribution in [0.25, 0.3) is 0 Å². The second kappa shape index (κ2) is 4.00. The van der Waals surface area contributed by atoms with E-state index in [9.17, 15) is 4.39 Å². The van der Waals surface area contributed by atoms with Crippen LogP contribution in [0, 0.1) is 0 Å². The molecule has 1 rings (SSSR count). The highest BCUT2D eigenvalue weighted by molar-refractivity contribution is 4.93. The number of halogens is 1. The minimum Gasteiger partial charge on any atom is -0.364 e. The van der Waals surface area contributed by atoms with E-state index < -0.39 is 0 Å². The normalized spacial score (nSPS) is 10.1. The van der Waals surface area contributed by atoms with Crippen molar-refractivity contribution in [2.75, 3.05) is 13.2 Å². The second-order valence-corrected chi connectivity index (χ2v) is 1.86. The van der Waals surface area contributed by atoms with Gasteiger partial charge in [0.1, 0.15) is 12.9 Å². The van der Waals surface area contributed by atoms with E-state index in [1.165, 1.54) is 6.26 Å². The smallest absolute Gasteiger partial charge is 0.124 e. The fraction of sp³-hybridized carbons (Fsp3) is 0.500. The summed E-state index contributed by atoms with van der Waals surface area (Å²) < 4.78 is 16.1. The molecular formula is C6H9FN2O. The topological polar surface area (TPSA) is 38.1 Å². The predicted molar refractivity (Wildman–Crippen MR) is 34.2 cm³/mol. The number of hydrogen-bond donors (Lipinski definition) is 1. The van der Waals surface area contributed by atoms with Crippen LogP contribution in [0.3, 0.4) is 0 Å². The van der Waals surface area contributed by atoms with E-state index in [1.54, 1.807) is 6.07 Å². The van der Waals surface area contributed by atoms with Crippen molar-refractivity contribution in [3.63, 3.8) is 0 Å². The van der Waals surface area contributed by atoms with E-state index in [1.807, 2.05) is 0 Å². The van der Waals surface area contributed by atoms with Gasteiger partial charge >= 0.3 is 0 Å². The average molecular weight is 144 g/mol. The largest absolute Gasteiger partial charge is 0.364 e. The Kier molecular flexibility index (Phi) is 2.89. The van der Waals surface area contributed by atoms with Gasteiger partial charge in [-0.3, -0.25) is 0 Å². The first kappa shape index (κ1) is 7.21. The zero-order valence-electron chi connectivity index (χ0n) is 5.51. The van der Waals surface area contributed by atoms with Gasteiger partial charge in [-0.2, -0.15) is 0 Å². The van der Waals surface area contributed by atoms with Gasteiger partial charge in [-0.05, 0) is 0 Å². The van der Waals surface area contributed by atoms with Crippen molar-refractivity contribution in [3.05, 3.63) is 18.0 Å². The lowest BCUT2D eigenvalue weighted by atomic mass is 10.4. The van der Waals surface area contributed by atoms with Crippen molar-refractivity contribution in [1.29, 1.82) is 0 Å². The molecule has 0 aromatic carbocycles. The summed E-state index contributed by atoms with van der Waals surface area (Å²) >= 11 is 0. The number of nitrogens with one attached hydrogen (secondary N) is 1. The minimum atomic E-state index is -0.349. The van der Waals surface area contributed by atoms with Gasteiger partial charge < -0.3 is 9.84 Å². The molecule has 4 heteroatoms. The fourth-order valence-electron chi connectivity index (χ4n) is 0.612. The van der Waals surface area contributed by atoms with Crippen LogP contribution < -0.4 is 5.32 Å². The van der Waals surface area contributed by atoms with E-state index in [-0.39, 0.29) is 6.67 Å². The van der Waals surface area contributed by atoms with Gasteiger partial charge in [0, 0.05) is 19.2 Å². The summed E-state index contributed by atoms with van der Waals surface area (Å²) in [6, 6.07) is 1.74. The maximum Gasteiger partial charge on any atom is 0.124 e. The lowest BCUT2D eigenvalue weighted by molar-refractivity contribution is 0.405.